The second kappa shape index (κ2) is 9.38. The topological polar surface area (TPSA) is 79.3 Å². The molecule has 35 heavy (non-hydrogen) atoms. The SMILES string of the molecule is CC(=O)N(c1ccccc1)[C@@H]1C[C@H](C)N(C(=O)c2sc(-c3cnccn3)nc2C)c2ccccc21. The lowest BCUT2D eigenvalue weighted by Gasteiger charge is -2.43. The lowest BCUT2D eigenvalue weighted by Crippen LogP contribution is -2.47. The van der Waals surface area contributed by atoms with E-state index in [2.05, 4.69) is 15.0 Å². The number of carbonyl (C=O) groups is 2. The molecule has 8 heteroatoms. The third-order valence-electron chi connectivity index (χ3n) is 6.24. The predicted octanol–water partition coefficient (Wildman–Crippen LogP) is 5.44. The minimum absolute atomic E-state index is 0.0325. The fourth-order valence-corrected chi connectivity index (χ4v) is 5.69. The van der Waals surface area contributed by atoms with Gasteiger partial charge in [-0.25, -0.2) is 4.98 Å². The van der Waals surface area contributed by atoms with Gasteiger partial charge in [-0.15, -0.1) is 11.3 Å². The van der Waals surface area contributed by atoms with Gasteiger partial charge in [0.25, 0.3) is 5.91 Å². The Morgan fingerprint density at radius 3 is 2.51 bits per heavy atom. The number of hydrogen-bond acceptors (Lipinski definition) is 6. The summed E-state index contributed by atoms with van der Waals surface area (Å²) in [5.41, 5.74) is 3.93. The highest BCUT2D eigenvalue weighted by Crippen LogP contribution is 2.43. The van der Waals surface area contributed by atoms with Crippen molar-refractivity contribution in [1.82, 2.24) is 15.0 Å². The first kappa shape index (κ1) is 22.9. The number of aryl methyl sites for hydroxylation is 1. The maximum Gasteiger partial charge on any atom is 0.270 e. The van der Waals surface area contributed by atoms with Crippen molar-refractivity contribution in [3.63, 3.8) is 0 Å². The van der Waals surface area contributed by atoms with Crippen LogP contribution in [0.4, 0.5) is 11.4 Å². The van der Waals surface area contributed by atoms with Crippen LogP contribution in [0.2, 0.25) is 0 Å². The largest absolute Gasteiger partial charge is 0.305 e. The summed E-state index contributed by atoms with van der Waals surface area (Å²) in [6.45, 7) is 5.47. The zero-order chi connectivity index (χ0) is 24.5. The van der Waals surface area contributed by atoms with E-state index in [0.29, 0.717) is 27.7 Å². The van der Waals surface area contributed by atoms with Crippen LogP contribution in [-0.4, -0.2) is 32.8 Å². The first-order valence-electron chi connectivity index (χ1n) is 11.5. The van der Waals surface area contributed by atoms with E-state index >= 15 is 0 Å². The molecule has 2 atom stereocenters. The quantitative estimate of drug-likeness (QED) is 0.386. The number of nitrogens with zero attached hydrogens (tertiary/aromatic N) is 5. The van der Waals surface area contributed by atoms with Gasteiger partial charge in [0.15, 0.2) is 0 Å². The zero-order valence-electron chi connectivity index (χ0n) is 19.8. The molecule has 0 radical (unpaired) electrons. The summed E-state index contributed by atoms with van der Waals surface area (Å²) in [6, 6.07) is 17.2. The Labute approximate surface area is 208 Å². The van der Waals surface area contributed by atoms with Gasteiger partial charge in [0.1, 0.15) is 15.6 Å². The average molecular weight is 484 g/mol. The van der Waals surface area contributed by atoms with Crippen molar-refractivity contribution >= 4 is 34.5 Å². The Balaban J connectivity index is 1.55. The van der Waals surface area contributed by atoms with E-state index in [-0.39, 0.29) is 23.9 Å². The monoisotopic (exact) mass is 483 g/mol. The Morgan fingerprint density at radius 1 is 1.06 bits per heavy atom. The molecule has 0 aliphatic carbocycles. The lowest BCUT2D eigenvalue weighted by atomic mass is 9.89. The Hall–Kier alpha value is -3.91. The summed E-state index contributed by atoms with van der Waals surface area (Å²) in [4.78, 5) is 44.0. The van der Waals surface area contributed by atoms with Crippen molar-refractivity contribution in [2.45, 2.75) is 39.3 Å². The highest BCUT2D eigenvalue weighted by Gasteiger charge is 2.39. The molecule has 0 N–H and O–H groups in total. The molecule has 3 heterocycles. The van der Waals surface area contributed by atoms with Crippen LogP contribution in [-0.2, 0) is 4.79 Å². The molecular weight excluding hydrogens is 458 g/mol. The van der Waals surface area contributed by atoms with Gasteiger partial charge >= 0.3 is 0 Å². The van der Waals surface area contributed by atoms with Crippen molar-refractivity contribution in [3.8, 4) is 10.7 Å². The van der Waals surface area contributed by atoms with E-state index in [4.69, 9.17) is 0 Å². The van der Waals surface area contributed by atoms with E-state index in [1.807, 2.05) is 78.2 Å². The highest BCUT2D eigenvalue weighted by molar-refractivity contribution is 7.17. The molecule has 0 unspecified atom stereocenters. The minimum atomic E-state index is -0.178. The third-order valence-corrected chi connectivity index (χ3v) is 7.41. The summed E-state index contributed by atoms with van der Waals surface area (Å²) >= 11 is 1.33. The molecule has 2 amide bonds. The molecule has 7 nitrogen and oxygen atoms in total. The van der Waals surface area contributed by atoms with Gasteiger partial charge in [-0.05, 0) is 44.0 Å². The molecule has 0 bridgehead atoms. The molecule has 0 saturated carbocycles. The summed E-state index contributed by atoms with van der Waals surface area (Å²) in [6.07, 6.45) is 5.49. The van der Waals surface area contributed by atoms with E-state index in [0.717, 1.165) is 16.9 Å². The molecule has 176 valence electrons. The number of hydrogen-bond donors (Lipinski definition) is 0. The van der Waals surface area contributed by atoms with Crippen LogP contribution in [0, 0.1) is 6.92 Å². The number of aromatic nitrogens is 3. The number of thiazole rings is 1. The first-order chi connectivity index (χ1) is 17.0. The molecule has 2 aromatic heterocycles. The minimum Gasteiger partial charge on any atom is -0.305 e. The third kappa shape index (κ3) is 4.21. The molecule has 5 rings (SSSR count). The average Bonchev–Trinajstić information content (AvgIpc) is 3.26. The molecule has 0 saturated heterocycles. The van der Waals surface area contributed by atoms with Gasteiger partial charge in [-0.1, -0.05) is 36.4 Å². The normalized spacial score (nSPS) is 17.1. The standard InChI is InChI=1S/C27H25N5O2S/c1-17-15-24(32(19(3)33)20-9-5-4-6-10-20)21-11-7-8-12-23(21)31(17)27(34)25-18(2)30-26(35-25)22-16-28-13-14-29-22/h4-14,16-17,24H,15H2,1-3H3/t17-,24+/m0/s1. The van der Waals surface area contributed by atoms with Crippen molar-refractivity contribution in [1.29, 1.82) is 0 Å². The molecule has 1 aliphatic rings. The van der Waals surface area contributed by atoms with E-state index in [9.17, 15) is 9.59 Å². The first-order valence-corrected chi connectivity index (χ1v) is 12.3. The summed E-state index contributed by atoms with van der Waals surface area (Å²) in [7, 11) is 0. The van der Waals surface area contributed by atoms with Crippen LogP contribution in [0.15, 0.2) is 73.2 Å². The number of amides is 2. The maximum absolute atomic E-state index is 13.9. The van der Waals surface area contributed by atoms with Crippen LogP contribution in [0.5, 0.6) is 0 Å². The van der Waals surface area contributed by atoms with Crippen molar-refractivity contribution < 1.29 is 9.59 Å². The van der Waals surface area contributed by atoms with Crippen LogP contribution < -0.4 is 9.80 Å². The van der Waals surface area contributed by atoms with Gasteiger partial charge in [-0.2, -0.15) is 0 Å². The smallest absolute Gasteiger partial charge is 0.270 e. The van der Waals surface area contributed by atoms with Crippen LogP contribution >= 0.6 is 11.3 Å². The Bertz CT molecular complexity index is 1370. The summed E-state index contributed by atoms with van der Waals surface area (Å²) < 4.78 is 0. The molecule has 2 aromatic carbocycles. The molecule has 0 spiro atoms. The highest BCUT2D eigenvalue weighted by atomic mass is 32.1. The lowest BCUT2D eigenvalue weighted by molar-refractivity contribution is -0.117. The summed E-state index contributed by atoms with van der Waals surface area (Å²) in [5.74, 6) is -0.127. The van der Waals surface area contributed by atoms with Crippen molar-refractivity contribution in [2.24, 2.45) is 0 Å². The van der Waals surface area contributed by atoms with Gasteiger partial charge < -0.3 is 9.80 Å². The van der Waals surface area contributed by atoms with Crippen LogP contribution in [0.3, 0.4) is 0 Å². The molecule has 0 fully saturated rings. The van der Waals surface area contributed by atoms with Crippen molar-refractivity contribution in [3.05, 3.63) is 89.3 Å². The number of benzene rings is 2. The van der Waals surface area contributed by atoms with Crippen LogP contribution in [0.1, 0.15) is 47.2 Å². The molecular formula is C27H25N5O2S. The maximum atomic E-state index is 13.9. The molecule has 4 aromatic rings. The Kier molecular flexibility index (Phi) is 6.13. The number of fused-ring (bicyclic) bond motifs is 1. The fourth-order valence-electron chi connectivity index (χ4n) is 4.73. The second-order valence-corrected chi connectivity index (χ2v) is 9.58. The van der Waals surface area contributed by atoms with Gasteiger partial charge in [-0.3, -0.25) is 19.6 Å². The van der Waals surface area contributed by atoms with Gasteiger partial charge in [0, 0.05) is 36.7 Å². The fraction of sp³-hybridized carbons (Fsp3) is 0.222. The summed E-state index contributed by atoms with van der Waals surface area (Å²) in [5, 5.41) is 0.668. The number of para-hydroxylation sites is 2. The van der Waals surface area contributed by atoms with E-state index in [1.54, 1.807) is 25.5 Å². The van der Waals surface area contributed by atoms with Gasteiger partial charge in [0.05, 0.1) is 17.9 Å². The van der Waals surface area contributed by atoms with Gasteiger partial charge in [0.2, 0.25) is 5.91 Å². The second-order valence-electron chi connectivity index (χ2n) is 8.58. The number of rotatable bonds is 4. The Morgan fingerprint density at radius 2 is 1.80 bits per heavy atom. The van der Waals surface area contributed by atoms with Crippen molar-refractivity contribution in [2.75, 3.05) is 9.80 Å². The van der Waals surface area contributed by atoms with Crippen LogP contribution in [0.25, 0.3) is 10.7 Å². The van der Waals surface area contributed by atoms with E-state index < -0.39 is 0 Å². The number of anilines is 2. The van der Waals surface area contributed by atoms with E-state index in [1.165, 1.54) is 11.3 Å². The zero-order valence-corrected chi connectivity index (χ0v) is 20.6. The predicted molar refractivity (Wildman–Crippen MR) is 138 cm³/mol. The molecule has 1 aliphatic heterocycles. The number of carbonyl (C=O) groups excluding carboxylic acids is 2.